The number of nitrogens with two attached hydrogens (primary N) is 1. The molecule has 1 rings (SSSR count). The van der Waals surface area contributed by atoms with Gasteiger partial charge in [0.2, 0.25) is 5.91 Å². The van der Waals surface area contributed by atoms with Crippen LogP contribution in [-0.2, 0) is 11.2 Å². The van der Waals surface area contributed by atoms with Gasteiger partial charge in [0.1, 0.15) is 0 Å². The van der Waals surface area contributed by atoms with Crippen molar-refractivity contribution in [3.05, 3.63) is 34.9 Å². The fourth-order valence-corrected chi connectivity index (χ4v) is 2.01. The molecule has 0 aliphatic rings. The monoisotopic (exact) mass is 254 g/mol. The van der Waals surface area contributed by atoms with Gasteiger partial charge in [0.05, 0.1) is 0 Å². The summed E-state index contributed by atoms with van der Waals surface area (Å²) in [5, 5.41) is 4.09. The van der Waals surface area contributed by atoms with E-state index in [4.69, 9.17) is 17.3 Å². The van der Waals surface area contributed by atoms with Gasteiger partial charge < -0.3 is 11.1 Å². The summed E-state index contributed by atoms with van der Waals surface area (Å²) >= 11 is 5.82. The maximum Gasteiger partial charge on any atom is 0.218 e. The van der Waals surface area contributed by atoms with E-state index < -0.39 is 0 Å². The number of hydrogen-bond donors (Lipinski definition) is 2. The van der Waals surface area contributed by atoms with Crippen LogP contribution in [0.2, 0.25) is 5.02 Å². The first-order valence-corrected chi connectivity index (χ1v) is 6.14. The molecule has 0 fully saturated rings. The van der Waals surface area contributed by atoms with E-state index in [1.54, 1.807) is 0 Å². The number of carbonyl (C=O) groups excluding carboxylic acids is 1. The second-order valence-corrected chi connectivity index (χ2v) is 4.91. The van der Waals surface area contributed by atoms with E-state index in [9.17, 15) is 4.79 Å². The molecule has 17 heavy (non-hydrogen) atoms. The van der Waals surface area contributed by atoms with Gasteiger partial charge in [-0.3, -0.25) is 4.79 Å². The number of carbonyl (C=O) groups is 1. The Balaban J connectivity index is 2.41. The Labute approximate surface area is 107 Å². The number of hydrogen-bond acceptors (Lipinski definition) is 2. The van der Waals surface area contributed by atoms with Gasteiger partial charge in [0.15, 0.2) is 0 Å². The van der Waals surface area contributed by atoms with E-state index in [0.717, 1.165) is 11.4 Å². The molecule has 0 aromatic heterocycles. The highest BCUT2D eigenvalue weighted by molar-refractivity contribution is 6.30. The van der Waals surface area contributed by atoms with Crippen molar-refractivity contribution < 1.29 is 4.79 Å². The molecule has 2 atom stereocenters. The lowest BCUT2D eigenvalue weighted by atomic mass is 10.1. The van der Waals surface area contributed by atoms with Crippen LogP contribution >= 0.6 is 11.6 Å². The van der Waals surface area contributed by atoms with Crippen LogP contribution in [0, 0.1) is 0 Å². The summed E-state index contributed by atoms with van der Waals surface area (Å²) < 4.78 is 0. The predicted octanol–water partition coefficient (Wildman–Crippen LogP) is 2.12. The van der Waals surface area contributed by atoms with Crippen LogP contribution in [0.25, 0.3) is 0 Å². The molecular weight excluding hydrogens is 236 g/mol. The lowest BCUT2D eigenvalue weighted by Gasteiger charge is -2.19. The largest absolute Gasteiger partial charge is 0.370 e. The van der Waals surface area contributed by atoms with Crippen LogP contribution in [-0.4, -0.2) is 18.0 Å². The zero-order chi connectivity index (χ0) is 12.8. The van der Waals surface area contributed by atoms with E-state index in [1.807, 2.05) is 31.2 Å². The van der Waals surface area contributed by atoms with Crippen LogP contribution in [0.15, 0.2) is 24.3 Å². The molecular formula is C13H19ClN2O. The highest BCUT2D eigenvalue weighted by Crippen LogP contribution is 2.11. The van der Waals surface area contributed by atoms with Crippen molar-refractivity contribution in [1.82, 2.24) is 5.32 Å². The summed E-state index contributed by atoms with van der Waals surface area (Å²) in [5.74, 6) is -0.274. The number of nitrogens with one attached hydrogen (secondary N) is 1. The van der Waals surface area contributed by atoms with Crippen LogP contribution < -0.4 is 11.1 Å². The normalized spacial score (nSPS) is 14.3. The molecule has 0 bridgehead atoms. The smallest absolute Gasteiger partial charge is 0.218 e. The molecule has 3 N–H and O–H groups in total. The maximum absolute atomic E-state index is 10.8. The number of rotatable bonds is 6. The van der Waals surface area contributed by atoms with Gasteiger partial charge in [-0.25, -0.2) is 0 Å². The third-order valence-corrected chi connectivity index (χ3v) is 2.78. The Morgan fingerprint density at radius 1 is 1.29 bits per heavy atom. The molecule has 4 heteroatoms. The molecule has 94 valence electrons. The Hall–Kier alpha value is -1.06. The minimum absolute atomic E-state index is 0.106. The van der Waals surface area contributed by atoms with Crippen molar-refractivity contribution in [2.24, 2.45) is 5.73 Å². The molecule has 1 aromatic carbocycles. The molecule has 0 spiro atoms. The van der Waals surface area contributed by atoms with Crippen molar-refractivity contribution >= 4 is 17.5 Å². The fourth-order valence-electron chi connectivity index (χ4n) is 1.88. The third kappa shape index (κ3) is 5.71. The molecule has 0 saturated carbocycles. The highest BCUT2D eigenvalue weighted by atomic mass is 35.5. The van der Waals surface area contributed by atoms with E-state index in [1.165, 1.54) is 5.56 Å². The molecule has 0 aliphatic heterocycles. The van der Waals surface area contributed by atoms with Crippen LogP contribution in [0.1, 0.15) is 25.8 Å². The summed E-state index contributed by atoms with van der Waals surface area (Å²) in [5.41, 5.74) is 6.37. The molecule has 0 heterocycles. The molecule has 3 nitrogen and oxygen atoms in total. The van der Waals surface area contributed by atoms with E-state index in [2.05, 4.69) is 12.2 Å². The zero-order valence-corrected chi connectivity index (χ0v) is 11.0. The Morgan fingerprint density at radius 3 is 2.41 bits per heavy atom. The van der Waals surface area contributed by atoms with Gasteiger partial charge in [-0.05, 0) is 38.0 Å². The topological polar surface area (TPSA) is 55.1 Å². The van der Waals surface area contributed by atoms with Crippen LogP contribution in [0.4, 0.5) is 0 Å². The first-order chi connectivity index (χ1) is 7.97. The van der Waals surface area contributed by atoms with Crippen LogP contribution in [0.3, 0.4) is 0 Å². The summed E-state index contributed by atoms with van der Waals surface area (Å²) in [6.45, 7) is 4.05. The first kappa shape index (κ1) is 14.0. The van der Waals surface area contributed by atoms with E-state index in [0.29, 0.717) is 12.5 Å². The third-order valence-electron chi connectivity index (χ3n) is 2.53. The van der Waals surface area contributed by atoms with E-state index in [-0.39, 0.29) is 11.9 Å². The van der Waals surface area contributed by atoms with Crippen molar-refractivity contribution in [3.8, 4) is 0 Å². The van der Waals surface area contributed by atoms with Crippen molar-refractivity contribution in [1.29, 1.82) is 0 Å². The summed E-state index contributed by atoms with van der Waals surface area (Å²) in [6, 6.07) is 8.20. The highest BCUT2D eigenvalue weighted by Gasteiger charge is 2.10. The fraction of sp³-hybridized carbons (Fsp3) is 0.462. The lowest BCUT2D eigenvalue weighted by molar-refractivity contribution is -0.118. The average molecular weight is 255 g/mol. The van der Waals surface area contributed by atoms with Gasteiger partial charge in [0, 0.05) is 23.5 Å². The quantitative estimate of drug-likeness (QED) is 0.817. The lowest BCUT2D eigenvalue weighted by Crippen LogP contribution is -2.38. The maximum atomic E-state index is 10.8. The minimum Gasteiger partial charge on any atom is -0.370 e. The molecule has 0 aliphatic carbocycles. The Morgan fingerprint density at radius 2 is 1.88 bits per heavy atom. The number of primary amides is 1. The Kier molecular flexibility index (Phi) is 5.45. The summed E-state index contributed by atoms with van der Waals surface area (Å²) in [4.78, 5) is 10.8. The molecule has 0 radical (unpaired) electrons. The summed E-state index contributed by atoms with van der Waals surface area (Å²) in [6.07, 6.45) is 1.27. The van der Waals surface area contributed by atoms with Gasteiger partial charge in [-0.15, -0.1) is 0 Å². The van der Waals surface area contributed by atoms with Gasteiger partial charge in [-0.1, -0.05) is 23.7 Å². The standard InChI is InChI=1S/C13H19ClN2O/c1-9(16-10(2)8-13(15)17)7-11-3-5-12(14)6-4-11/h3-6,9-10,16H,7-8H2,1-2H3,(H2,15,17). The number of halogens is 1. The van der Waals surface area contributed by atoms with E-state index >= 15 is 0 Å². The van der Waals surface area contributed by atoms with Gasteiger partial charge in [0.25, 0.3) is 0 Å². The zero-order valence-electron chi connectivity index (χ0n) is 10.2. The van der Waals surface area contributed by atoms with Crippen molar-refractivity contribution in [3.63, 3.8) is 0 Å². The van der Waals surface area contributed by atoms with Gasteiger partial charge in [-0.2, -0.15) is 0 Å². The molecule has 2 unspecified atom stereocenters. The minimum atomic E-state index is -0.274. The van der Waals surface area contributed by atoms with Crippen LogP contribution in [0.5, 0.6) is 0 Å². The first-order valence-electron chi connectivity index (χ1n) is 5.76. The average Bonchev–Trinajstić information content (AvgIpc) is 2.19. The Bertz CT molecular complexity index is 364. The van der Waals surface area contributed by atoms with Gasteiger partial charge >= 0.3 is 0 Å². The molecule has 0 saturated heterocycles. The SMILES string of the molecule is CC(CC(N)=O)NC(C)Cc1ccc(Cl)cc1. The molecule has 1 aromatic rings. The second-order valence-electron chi connectivity index (χ2n) is 4.47. The second kappa shape index (κ2) is 6.62. The van der Waals surface area contributed by atoms with Crippen molar-refractivity contribution in [2.75, 3.05) is 0 Å². The van der Waals surface area contributed by atoms with Crippen molar-refractivity contribution in [2.45, 2.75) is 38.8 Å². The predicted molar refractivity (Wildman–Crippen MR) is 71.0 cm³/mol. The number of benzene rings is 1. The molecule has 1 amide bonds. The number of amides is 1. The summed E-state index contributed by atoms with van der Waals surface area (Å²) in [7, 11) is 0.